The molecule has 1 radical (unpaired) electrons. The third-order valence-corrected chi connectivity index (χ3v) is 0.667. The molecule has 1 unspecified atom stereocenters. The predicted octanol–water partition coefficient (Wildman–Crippen LogP) is 0.432. The van der Waals surface area contributed by atoms with Crippen molar-refractivity contribution in [2.45, 2.75) is 13.0 Å². The lowest BCUT2D eigenvalue weighted by atomic mass is 10.3. The van der Waals surface area contributed by atoms with Crippen LogP contribution < -0.4 is 5.32 Å². The number of nitrogens with one attached hydrogen (secondary N) is 1. The second-order valence-electron chi connectivity index (χ2n) is 1.24. The fourth-order valence-corrected chi connectivity index (χ4v) is 0.246. The minimum atomic E-state index is 0.0880. The zero-order chi connectivity index (χ0) is 5.70. The van der Waals surface area contributed by atoms with Gasteiger partial charge in [-0.3, -0.25) is 0 Å². The maximum Gasteiger partial charge on any atom is 0.0687 e. The smallest absolute Gasteiger partial charge is 0.0687 e. The van der Waals surface area contributed by atoms with E-state index in [0.717, 1.165) is 0 Å². The first-order valence-corrected chi connectivity index (χ1v) is 2.24. The van der Waals surface area contributed by atoms with Crippen LogP contribution in [0.5, 0.6) is 0 Å². The summed E-state index contributed by atoms with van der Waals surface area (Å²) in [6.45, 7) is 5.46. The van der Waals surface area contributed by atoms with Gasteiger partial charge in [0.25, 0.3) is 0 Å². The van der Waals surface area contributed by atoms with Crippen LogP contribution in [0.3, 0.4) is 0 Å². The van der Waals surface area contributed by atoms with Gasteiger partial charge in [0.15, 0.2) is 0 Å². The predicted molar refractivity (Wildman–Crippen MR) is 31.7 cm³/mol. The van der Waals surface area contributed by atoms with E-state index in [1.807, 2.05) is 7.05 Å². The van der Waals surface area contributed by atoms with E-state index in [0.29, 0.717) is 0 Å². The van der Waals surface area contributed by atoms with E-state index in [-0.39, 0.29) is 6.04 Å². The van der Waals surface area contributed by atoms with Crippen LogP contribution in [0.2, 0.25) is 0 Å². The summed E-state index contributed by atoms with van der Waals surface area (Å²) in [6.07, 6.45) is 0. The fraction of sp³-hybridized carbons (Fsp3) is 0.500. The van der Waals surface area contributed by atoms with E-state index in [1.165, 1.54) is 0 Å². The first kappa shape index (κ1) is 6.52. The molecule has 1 atom stereocenters. The van der Waals surface area contributed by atoms with Crippen molar-refractivity contribution in [3.63, 3.8) is 0 Å². The van der Waals surface area contributed by atoms with E-state index in [1.54, 1.807) is 6.92 Å². The molecule has 0 aromatic carbocycles. The maximum atomic E-state index is 3.66. The lowest BCUT2D eigenvalue weighted by Crippen LogP contribution is -2.18. The minimum absolute atomic E-state index is 0.0880. The Morgan fingerprint density at radius 1 is 1.71 bits per heavy atom. The molecule has 7 heavy (non-hydrogen) atoms. The Kier molecular flexibility index (Phi) is 3.45. The van der Waals surface area contributed by atoms with Gasteiger partial charge in [-0.05, 0) is 20.9 Å². The van der Waals surface area contributed by atoms with Crippen molar-refractivity contribution in [3.8, 4) is 11.8 Å². The molecule has 0 saturated heterocycles. The normalized spacial score (nSPS) is 11.9. The molecule has 0 spiro atoms. The van der Waals surface area contributed by atoms with Crippen LogP contribution >= 0.6 is 0 Å². The molecule has 0 aliphatic rings. The molecular formula is C6H10N. The Labute approximate surface area is 45.1 Å². The summed E-state index contributed by atoms with van der Waals surface area (Å²) in [5.74, 6) is 5.57. The van der Waals surface area contributed by atoms with Gasteiger partial charge in [0.05, 0.1) is 6.04 Å². The molecule has 0 rings (SSSR count). The molecule has 1 heteroatoms. The van der Waals surface area contributed by atoms with Crippen LogP contribution in [-0.4, -0.2) is 13.1 Å². The topological polar surface area (TPSA) is 12.0 Å². The second kappa shape index (κ2) is 3.70. The first-order chi connectivity index (χ1) is 3.31. The van der Waals surface area contributed by atoms with E-state index < -0.39 is 0 Å². The minimum Gasteiger partial charge on any atom is -0.307 e. The van der Waals surface area contributed by atoms with Crippen LogP contribution in [0.15, 0.2) is 0 Å². The third kappa shape index (κ3) is 3.35. The largest absolute Gasteiger partial charge is 0.307 e. The standard InChI is InChI=1S/C6H10N/c1-4-5-6(2)7-3/h6-7H,2H2,1,3H3. The van der Waals surface area contributed by atoms with Gasteiger partial charge in [0, 0.05) is 0 Å². The van der Waals surface area contributed by atoms with Crippen molar-refractivity contribution in [2.75, 3.05) is 7.05 Å². The van der Waals surface area contributed by atoms with Gasteiger partial charge in [-0.15, -0.1) is 5.92 Å². The van der Waals surface area contributed by atoms with E-state index in [2.05, 4.69) is 24.1 Å². The zero-order valence-electron chi connectivity index (χ0n) is 4.78. The van der Waals surface area contributed by atoms with Crippen molar-refractivity contribution in [1.29, 1.82) is 0 Å². The summed E-state index contributed by atoms with van der Waals surface area (Å²) in [4.78, 5) is 0. The zero-order valence-corrected chi connectivity index (χ0v) is 4.78. The van der Waals surface area contributed by atoms with Gasteiger partial charge in [-0.2, -0.15) is 0 Å². The van der Waals surface area contributed by atoms with Crippen LogP contribution in [0.25, 0.3) is 0 Å². The molecule has 0 fully saturated rings. The summed E-state index contributed by atoms with van der Waals surface area (Å²) in [6, 6.07) is 0.0880. The monoisotopic (exact) mass is 96.1 g/mol. The van der Waals surface area contributed by atoms with Gasteiger partial charge in [0.2, 0.25) is 0 Å². The molecule has 0 bridgehead atoms. The number of rotatable bonds is 1. The van der Waals surface area contributed by atoms with Crippen molar-refractivity contribution in [2.24, 2.45) is 0 Å². The van der Waals surface area contributed by atoms with Crippen molar-refractivity contribution < 1.29 is 0 Å². The molecule has 1 N–H and O–H groups in total. The Morgan fingerprint density at radius 2 is 2.29 bits per heavy atom. The average Bonchev–Trinajstić information content (AvgIpc) is 1.68. The Balaban J connectivity index is 3.29. The number of hydrogen-bond donors (Lipinski definition) is 1. The average molecular weight is 96.2 g/mol. The highest BCUT2D eigenvalue weighted by Crippen LogP contribution is 1.69. The number of hydrogen-bond acceptors (Lipinski definition) is 1. The fourth-order valence-electron chi connectivity index (χ4n) is 0.246. The van der Waals surface area contributed by atoms with Gasteiger partial charge < -0.3 is 5.32 Å². The highest BCUT2D eigenvalue weighted by Gasteiger charge is 1.83. The molecule has 0 aliphatic carbocycles. The van der Waals surface area contributed by atoms with Gasteiger partial charge in [0.1, 0.15) is 0 Å². The van der Waals surface area contributed by atoms with Crippen molar-refractivity contribution >= 4 is 0 Å². The summed E-state index contributed by atoms with van der Waals surface area (Å²) in [5.41, 5.74) is 0. The highest BCUT2D eigenvalue weighted by molar-refractivity contribution is 5.06. The second-order valence-corrected chi connectivity index (χ2v) is 1.24. The Morgan fingerprint density at radius 3 is 2.43 bits per heavy atom. The quantitative estimate of drug-likeness (QED) is 0.467. The van der Waals surface area contributed by atoms with Crippen LogP contribution in [0, 0.1) is 18.8 Å². The van der Waals surface area contributed by atoms with E-state index in [9.17, 15) is 0 Å². The van der Waals surface area contributed by atoms with E-state index >= 15 is 0 Å². The molecule has 0 aromatic rings. The highest BCUT2D eigenvalue weighted by atomic mass is 14.8. The lowest BCUT2D eigenvalue weighted by Gasteiger charge is -1.95. The van der Waals surface area contributed by atoms with Crippen LogP contribution in [0.4, 0.5) is 0 Å². The molecular weight excluding hydrogens is 86.1 g/mol. The third-order valence-electron chi connectivity index (χ3n) is 0.667. The van der Waals surface area contributed by atoms with E-state index in [4.69, 9.17) is 0 Å². The first-order valence-electron chi connectivity index (χ1n) is 2.24. The maximum absolute atomic E-state index is 3.66. The summed E-state index contributed by atoms with van der Waals surface area (Å²) < 4.78 is 0. The van der Waals surface area contributed by atoms with Gasteiger partial charge >= 0.3 is 0 Å². The van der Waals surface area contributed by atoms with Gasteiger partial charge in [-0.25, -0.2) is 0 Å². The summed E-state index contributed by atoms with van der Waals surface area (Å²) in [7, 11) is 1.84. The molecule has 0 heterocycles. The molecule has 1 nitrogen and oxygen atoms in total. The molecule has 0 aromatic heterocycles. The summed E-state index contributed by atoms with van der Waals surface area (Å²) in [5, 5.41) is 2.88. The molecule has 0 aliphatic heterocycles. The SMILES string of the molecule is [CH2]C(C#CC)NC. The van der Waals surface area contributed by atoms with Crippen molar-refractivity contribution in [3.05, 3.63) is 6.92 Å². The van der Waals surface area contributed by atoms with Crippen LogP contribution in [0.1, 0.15) is 6.92 Å². The molecule has 0 amide bonds. The lowest BCUT2D eigenvalue weighted by molar-refractivity contribution is 0.808. The Bertz CT molecular complexity index is 86.1. The van der Waals surface area contributed by atoms with Crippen LogP contribution in [-0.2, 0) is 0 Å². The van der Waals surface area contributed by atoms with Crippen molar-refractivity contribution in [1.82, 2.24) is 5.32 Å². The Hall–Kier alpha value is -0.480. The van der Waals surface area contributed by atoms with Gasteiger partial charge in [-0.1, -0.05) is 5.92 Å². The molecule has 39 valence electrons. The molecule has 0 saturated carbocycles. The summed E-state index contributed by atoms with van der Waals surface area (Å²) >= 11 is 0.